The molecule has 2 aromatic rings. The summed E-state index contributed by atoms with van der Waals surface area (Å²) in [5, 5.41) is 6.92. The summed E-state index contributed by atoms with van der Waals surface area (Å²) in [5.41, 5.74) is 7.20. The van der Waals surface area contributed by atoms with Crippen LogP contribution in [-0.4, -0.2) is 22.0 Å². The highest BCUT2D eigenvalue weighted by molar-refractivity contribution is 8.13. The molecule has 3 rings (SSSR count). The van der Waals surface area contributed by atoms with Crippen LogP contribution in [0.3, 0.4) is 0 Å². The Morgan fingerprint density at radius 3 is 3.05 bits per heavy atom. The van der Waals surface area contributed by atoms with Gasteiger partial charge in [0.15, 0.2) is 5.17 Å². The summed E-state index contributed by atoms with van der Waals surface area (Å²) >= 11 is 1.57. The fourth-order valence-electron chi connectivity index (χ4n) is 2.35. The van der Waals surface area contributed by atoms with E-state index in [0.717, 1.165) is 17.7 Å². The lowest BCUT2D eigenvalue weighted by Crippen LogP contribution is -2.28. The molecule has 2 heterocycles. The topological polar surface area (TPSA) is 93.5 Å². The van der Waals surface area contributed by atoms with E-state index in [4.69, 9.17) is 10.3 Å². The first-order valence-corrected chi connectivity index (χ1v) is 7.86. The lowest BCUT2D eigenvalue weighted by Gasteiger charge is -2.30. The van der Waals surface area contributed by atoms with Crippen LogP contribution < -0.4 is 11.1 Å². The van der Waals surface area contributed by atoms with Gasteiger partial charge < -0.3 is 15.6 Å². The van der Waals surface area contributed by atoms with Gasteiger partial charge in [0.1, 0.15) is 0 Å². The number of hydrogen-bond donors (Lipinski definition) is 2. The molecule has 1 aromatic carbocycles. The van der Waals surface area contributed by atoms with Crippen LogP contribution in [-0.2, 0) is 5.54 Å². The smallest absolute Gasteiger partial charge is 0.294 e. The Morgan fingerprint density at radius 2 is 2.32 bits per heavy atom. The number of anilines is 1. The van der Waals surface area contributed by atoms with Crippen LogP contribution in [0.25, 0.3) is 0 Å². The number of rotatable bonds is 3. The minimum absolute atomic E-state index is 0.174. The summed E-state index contributed by atoms with van der Waals surface area (Å²) < 4.78 is 4.84. The fourth-order valence-corrected chi connectivity index (χ4v) is 3.33. The number of benzene rings is 1. The molecule has 1 atom stereocenters. The normalized spacial score (nSPS) is 21.2. The third kappa shape index (κ3) is 2.99. The molecular formula is C15H16N4O2S. The standard InChI is InChI=1S/C15H16N4O2S/c1-15(6-8-22-14(16)19-15)10-3-2-4-11(9-10)18-13(20)12-5-7-17-21-12/h2-5,7,9H,6,8H2,1H3,(H2,16,19)(H,18,20). The molecule has 0 bridgehead atoms. The second kappa shape index (κ2) is 5.84. The van der Waals surface area contributed by atoms with E-state index < -0.39 is 0 Å². The van der Waals surface area contributed by atoms with Crippen LogP contribution in [0.1, 0.15) is 29.5 Å². The van der Waals surface area contributed by atoms with Crippen molar-refractivity contribution in [3.8, 4) is 0 Å². The highest BCUT2D eigenvalue weighted by Crippen LogP contribution is 2.35. The van der Waals surface area contributed by atoms with Gasteiger partial charge in [0.05, 0.1) is 11.7 Å². The Balaban J connectivity index is 1.84. The molecule has 0 aliphatic carbocycles. The highest BCUT2D eigenvalue weighted by atomic mass is 32.2. The Hall–Kier alpha value is -2.28. The van der Waals surface area contributed by atoms with Gasteiger partial charge >= 0.3 is 0 Å². The molecule has 0 spiro atoms. The van der Waals surface area contributed by atoms with Crippen LogP contribution in [0.2, 0.25) is 0 Å². The van der Waals surface area contributed by atoms with Gasteiger partial charge in [-0.3, -0.25) is 9.79 Å². The van der Waals surface area contributed by atoms with Crippen LogP contribution in [0, 0.1) is 0 Å². The number of carbonyl (C=O) groups excluding carboxylic acids is 1. The van der Waals surface area contributed by atoms with Crippen LogP contribution >= 0.6 is 11.8 Å². The van der Waals surface area contributed by atoms with Gasteiger partial charge in [0.25, 0.3) is 5.91 Å². The molecule has 0 saturated carbocycles. The molecule has 0 saturated heterocycles. The van der Waals surface area contributed by atoms with E-state index in [2.05, 4.69) is 22.4 Å². The van der Waals surface area contributed by atoms with Crippen molar-refractivity contribution in [1.82, 2.24) is 5.16 Å². The quantitative estimate of drug-likeness (QED) is 0.907. The van der Waals surface area contributed by atoms with Gasteiger partial charge in [-0.2, -0.15) is 0 Å². The largest absolute Gasteiger partial charge is 0.379 e. The van der Waals surface area contributed by atoms with E-state index in [1.165, 1.54) is 12.3 Å². The fraction of sp³-hybridized carbons (Fsp3) is 0.267. The highest BCUT2D eigenvalue weighted by Gasteiger charge is 2.29. The van der Waals surface area contributed by atoms with E-state index in [9.17, 15) is 4.79 Å². The van der Waals surface area contributed by atoms with E-state index in [0.29, 0.717) is 10.9 Å². The Morgan fingerprint density at radius 1 is 1.45 bits per heavy atom. The first kappa shape index (κ1) is 14.6. The molecule has 6 nitrogen and oxygen atoms in total. The number of amides is 1. The third-order valence-electron chi connectivity index (χ3n) is 3.60. The lowest BCUT2D eigenvalue weighted by atomic mass is 9.89. The van der Waals surface area contributed by atoms with Crippen LogP contribution in [0.5, 0.6) is 0 Å². The Bertz CT molecular complexity index is 714. The maximum absolute atomic E-state index is 12.0. The average Bonchev–Trinajstić information content (AvgIpc) is 3.01. The van der Waals surface area contributed by atoms with Gasteiger partial charge in [0.2, 0.25) is 5.76 Å². The van der Waals surface area contributed by atoms with Gasteiger partial charge in [0, 0.05) is 17.5 Å². The van der Waals surface area contributed by atoms with Gasteiger partial charge in [-0.25, -0.2) is 0 Å². The van der Waals surface area contributed by atoms with E-state index >= 15 is 0 Å². The average molecular weight is 316 g/mol. The second-order valence-corrected chi connectivity index (χ2v) is 6.35. The molecule has 1 aromatic heterocycles. The molecule has 1 unspecified atom stereocenters. The van der Waals surface area contributed by atoms with Crippen molar-refractivity contribution in [3.63, 3.8) is 0 Å². The summed E-state index contributed by atoms with van der Waals surface area (Å²) in [5.74, 6) is 0.774. The lowest BCUT2D eigenvalue weighted by molar-refractivity contribution is 0.0988. The number of hydrogen-bond acceptors (Lipinski definition) is 6. The van der Waals surface area contributed by atoms with Gasteiger partial charge in [-0.1, -0.05) is 29.1 Å². The summed E-state index contributed by atoms with van der Waals surface area (Å²) in [4.78, 5) is 16.6. The van der Waals surface area contributed by atoms with E-state index in [-0.39, 0.29) is 17.2 Å². The molecule has 0 fully saturated rings. The van der Waals surface area contributed by atoms with Crippen molar-refractivity contribution >= 4 is 28.5 Å². The van der Waals surface area contributed by atoms with Crippen molar-refractivity contribution in [2.75, 3.05) is 11.1 Å². The minimum atomic E-state index is -0.359. The molecule has 1 aliphatic rings. The zero-order chi connectivity index (χ0) is 15.6. The number of thioether (sulfide) groups is 1. The molecule has 114 valence electrons. The van der Waals surface area contributed by atoms with Crippen molar-refractivity contribution in [1.29, 1.82) is 0 Å². The zero-order valence-electron chi connectivity index (χ0n) is 12.1. The van der Waals surface area contributed by atoms with Gasteiger partial charge in [-0.05, 0) is 31.0 Å². The number of carbonyl (C=O) groups is 1. The Kier molecular flexibility index (Phi) is 3.89. The molecule has 7 heteroatoms. The molecule has 0 radical (unpaired) electrons. The number of nitrogens with one attached hydrogen (secondary N) is 1. The maximum Gasteiger partial charge on any atom is 0.294 e. The van der Waals surface area contributed by atoms with Crippen molar-refractivity contribution in [2.24, 2.45) is 10.7 Å². The minimum Gasteiger partial charge on any atom is -0.379 e. The first-order valence-electron chi connectivity index (χ1n) is 6.87. The van der Waals surface area contributed by atoms with E-state index in [1.807, 2.05) is 24.3 Å². The number of aromatic nitrogens is 1. The van der Waals surface area contributed by atoms with Crippen LogP contribution in [0.15, 0.2) is 46.0 Å². The Labute approximate surface area is 132 Å². The number of aliphatic imine (C=N–C) groups is 1. The first-order chi connectivity index (χ1) is 10.6. The predicted octanol–water partition coefficient (Wildman–Crippen LogP) is 2.59. The summed E-state index contributed by atoms with van der Waals surface area (Å²) in [7, 11) is 0. The monoisotopic (exact) mass is 316 g/mol. The molecular weight excluding hydrogens is 300 g/mol. The van der Waals surface area contributed by atoms with Crippen LogP contribution in [0.4, 0.5) is 5.69 Å². The molecule has 1 amide bonds. The van der Waals surface area contributed by atoms with E-state index in [1.54, 1.807) is 11.8 Å². The van der Waals surface area contributed by atoms with Crippen molar-refractivity contribution in [2.45, 2.75) is 18.9 Å². The number of amidine groups is 1. The zero-order valence-corrected chi connectivity index (χ0v) is 12.9. The second-order valence-electron chi connectivity index (χ2n) is 5.23. The summed E-state index contributed by atoms with van der Waals surface area (Å²) in [6.45, 7) is 2.05. The summed E-state index contributed by atoms with van der Waals surface area (Å²) in [6.07, 6.45) is 2.33. The number of nitrogens with two attached hydrogens (primary N) is 1. The SMILES string of the molecule is CC1(c2cccc(NC(=O)c3ccno3)c2)CCSC(N)=N1. The predicted molar refractivity (Wildman–Crippen MR) is 86.9 cm³/mol. The molecule has 22 heavy (non-hydrogen) atoms. The third-order valence-corrected chi connectivity index (χ3v) is 4.40. The van der Waals surface area contributed by atoms with Crippen molar-refractivity contribution < 1.29 is 9.32 Å². The van der Waals surface area contributed by atoms with Gasteiger partial charge in [-0.15, -0.1) is 0 Å². The molecule has 1 aliphatic heterocycles. The molecule has 3 N–H and O–H groups in total. The summed E-state index contributed by atoms with van der Waals surface area (Å²) in [6, 6.07) is 9.15. The maximum atomic E-state index is 12.0. The van der Waals surface area contributed by atoms with Crippen molar-refractivity contribution in [3.05, 3.63) is 47.9 Å². The number of nitrogens with zero attached hydrogens (tertiary/aromatic N) is 2.